The molecule has 1 amide bonds. The first-order valence-electron chi connectivity index (χ1n) is 9.87. The van der Waals surface area contributed by atoms with E-state index in [4.69, 9.17) is 27.9 Å². The Labute approximate surface area is 191 Å². The lowest BCUT2D eigenvalue weighted by molar-refractivity contribution is -0.147. The van der Waals surface area contributed by atoms with Crippen LogP contribution >= 0.6 is 23.2 Å². The van der Waals surface area contributed by atoms with Crippen LogP contribution < -0.4 is 5.32 Å². The Morgan fingerprint density at radius 3 is 2.38 bits per heavy atom. The standard InChI is InChI=1S/C21H19Cl2F3N4O2/c22-13-3-1-4-14(23)17(13)19(31)27-15-5-2-6-16-18(15)28-20(21(24,25)26)30(16)8-7-29-9-11-32-12-10-29/h1-6H,7-12H2,(H,27,31). The number of rotatable bonds is 5. The van der Waals surface area contributed by atoms with Crippen LogP contribution in [-0.2, 0) is 17.5 Å². The molecule has 0 spiro atoms. The third kappa shape index (κ3) is 4.71. The number of aromatic nitrogens is 2. The summed E-state index contributed by atoms with van der Waals surface area (Å²) >= 11 is 12.2. The summed E-state index contributed by atoms with van der Waals surface area (Å²) < 4.78 is 47.8. The number of ether oxygens (including phenoxy) is 1. The number of hydrogen-bond donors (Lipinski definition) is 1. The van der Waals surface area contributed by atoms with Gasteiger partial charge in [-0.3, -0.25) is 9.69 Å². The SMILES string of the molecule is O=C(Nc1cccc2c1nc(C(F)(F)F)n2CCN1CCOCC1)c1c(Cl)cccc1Cl. The van der Waals surface area contributed by atoms with Crippen LogP contribution in [0.3, 0.4) is 0 Å². The van der Waals surface area contributed by atoms with E-state index in [2.05, 4.69) is 10.3 Å². The first kappa shape index (κ1) is 22.8. The van der Waals surface area contributed by atoms with Gasteiger partial charge < -0.3 is 14.6 Å². The van der Waals surface area contributed by atoms with E-state index in [1.807, 2.05) is 4.90 Å². The van der Waals surface area contributed by atoms with Gasteiger partial charge in [0, 0.05) is 26.2 Å². The lowest BCUT2D eigenvalue weighted by Crippen LogP contribution is -2.38. The lowest BCUT2D eigenvalue weighted by Gasteiger charge is -2.27. The van der Waals surface area contributed by atoms with Gasteiger partial charge in [0.15, 0.2) is 0 Å². The number of halogens is 5. The highest BCUT2D eigenvalue weighted by Crippen LogP contribution is 2.34. The Hall–Kier alpha value is -2.33. The van der Waals surface area contributed by atoms with Gasteiger partial charge >= 0.3 is 6.18 Å². The summed E-state index contributed by atoms with van der Waals surface area (Å²) in [7, 11) is 0. The Morgan fingerprint density at radius 1 is 1.06 bits per heavy atom. The fraction of sp³-hybridized carbons (Fsp3) is 0.333. The van der Waals surface area contributed by atoms with E-state index in [1.54, 1.807) is 18.2 Å². The van der Waals surface area contributed by atoms with Gasteiger partial charge in [-0.25, -0.2) is 4.98 Å². The van der Waals surface area contributed by atoms with Crippen molar-refractivity contribution in [1.82, 2.24) is 14.5 Å². The number of nitrogens with zero attached hydrogens (tertiary/aromatic N) is 3. The Kier molecular flexibility index (Phi) is 6.62. The van der Waals surface area contributed by atoms with Gasteiger partial charge in [-0.15, -0.1) is 0 Å². The number of carbonyl (C=O) groups excluding carboxylic acids is 1. The molecule has 170 valence electrons. The highest BCUT2D eigenvalue weighted by atomic mass is 35.5. The fourth-order valence-electron chi connectivity index (χ4n) is 3.66. The number of hydrogen-bond acceptors (Lipinski definition) is 4. The molecule has 2 aromatic carbocycles. The fourth-order valence-corrected chi connectivity index (χ4v) is 4.23. The number of fused-ring (bicyclic) bond motifs is 1. The Balaban J connectivity index is 1.69. The molecule has 0 bridgehead atoms. The monoisotopic (exact) mass is 486 g/mol. The predicted octanol–water partition coefficient (Wildman–Crippen LogP) is 4.95. The van der Waals surface area contributed by atoms with Crippen LogP contribution in [0.4, 0.5) is 18.9 Å². The molecule has 0 radical (unpaired) electrons. The summed E-state index contributed by atoms with van der Waals surface area (Å²) in [5.74, 6) is -1.65. The van der Waals surface area contributed by atoms with Gasteiger partial charge in [-0.2, -0.15) is 13.2 Å². The van der Waals surface area contributed by atoms with E-state index in [-0.39, 0.29) is 38.9 Å². The van der Waals surface area contributed by atoms with Crippen molar-refractivity contribution >= 4 is 45.8 Å². The Morgan fingerprint density at radius 2 is 1.72 bits per heavy atom. The molecule has 0 aliphatic carbocycles. The third-order valence-electron chi connectivity index (χ3n) is 5.21. The molecule has 1 aliphatic heterocycles. The highest BCUT2D eigenvalue weighted by molar-refractivity contribution is 6.40. The van der Waals surface area contributed by atoms with Crippen LogP contribution in [0.15, 0.2) is 36.4 Å². The largest absolute Gasteiger partial charge is 0.449 e. The molecule has 1 aromatic heterocycles. The second kappa shape index (κ2) is 9.27. The molecule has 0 atom stereocenters. The topological polar surface area (TPSA) is 59.4 Å². The maximum Gasteiger partial charge on any atom is 0.449 e. The van der Waals surface area contributed by atoms with E-state index < -0.39 is 17.9 Å². The predicted molar refractivity (Wildman–Crippen MR) is 116 cm³/mol. The second-order valence-electron chi connectivity index (χ2n) is 7.26. The molecule has 11 heteroatoms. The average Bonchev–Trinajstić information content (AvgIpc) is 3.13. The minimum Gasteiger partial charge on any atom is -0.379 e. The summed E-state index contributed by atoms with van der Waals surface area (Å²) in [4.78, 5) is 18.7. The first-order chi connectivity index (χ1) is 15.3. The molecule has 32 heavy (non-hydrogen) atoms. The molecule has 6 nitrogen and oxygen atoms in total. The molecule has 4 rings (SSSR count). The molecule has 2 heterocycles. The van der Waals surface area contributed by atoms with Crippen molar-refractivity contribution in [2.75, 3.05) is 38.2 Å². The number of carbonyl (C=O) groups is 1. The molecule has 3 aromatic rings. The maximum atomic E-state index is 13.8. The number of alkyl halides is 3. The van der Waals surface area contributed by atoms with Crippen molar-refractivity contribution in [3.8, 4) is 0 Å². The number of imidazole rings is 1. The average molecular weight is 487 g/mol. The van der Waals surface area contributed by atoms with Crippen molar-refractivity contribution in [3.63, 3.8) is 0 Å². The first-order valence-corrected chi connectivity index (χ1v) is 10.6. The van der Waals surface area contributed by atoms with Crippen LogP contribution in [0, 0.1) is 0 Å². The van der Waals surface area contributed by atoms with Crippen LogP contribution in [0.2, 0.25) is 10.0 Å². The van der Waals surface area contributed by atoms with Gasteiger partial charge in [0.1, 0.15) is 5.52 Å². The zero-order valence-electron chi connectivity index (χ0n) is 16.8. The smallest absolute Gasteiger partial charge is 0.379 e. The van der Waals surface area contributed by atoms with E-state index in [1.165, 1.54) is 18.2 Å². The van der Waals surface area contributed by atoms with E-state index in [0.29, 0.717) is 32.8 Å². The number of morpholine rings is 1. The van der Waals surface area contributed by atoms with Gasteiger partial charge in [-0.1, -0.05) is 35.3 Å². The molecule has 1 fully saturated rings. The van der Waals surface area contributed by atoms with Crippen molar-refractivity contribution in [2.45, 2.75) is 12.7 Å². The van der Waals surface area contributed by atoms with Crippen LogP contribution in [0.5, 0.6) is 0 Å². The number of benzene rings is 2. The molecule has 0 saturated carbocycles. The van der Waals surface area contributed by atoms with Crippen LogP contribution in [-0.4, -0.2) is 53.2 Å². The zero-order valence-corrected chi connectivity index (χ0v) is 18.3. The van der Waals surface area contributed by atoms with Crippen molar-refractivity contribution in [3.05, 3.63) is 57.8 Å². The Bertz CT molecular complexity index is 1120. The van der Waals surface area contributed by atoms with Crippen LogP contribution in [0.25, 0.3) is 11.0 Å². The van der Waals surface area contributed by atoms with Gasteiger partial charge in [0.2, 0.25) is 5.82 Å². The number of amides is 1. The van der Waals surface area contributed by atoms with E-state index in [0.717, 1.165) is 4.57 Å². The number of para-hydroxylation sites is 1. The summed E-state index contributed by atoms with van der Waals surface area (Å²) in [6.45, 7) is 2.94. The highest BCUT2D eigenvalue weighted by Gasteiger charge is 2.38. The maximum absolute atomic E-state index is 13.8. The van der Waals surface area contributed by atoms with Gasteiger partial charge in [-0.05, 0) is 24.3 Å². The lowest BCUT2D eigenvalue weighted by atomic mass is 10.2. The van der Waals surface area contributed by atoms with Gasteiger partial charge in [0.05, 0.1) is 40.0 Å². The molecule has 1 aliphatic rings. The molecule has 1 saturated heterocycles. The summed E-state index contributed by atoms with van der Waals surface area (Å²) in [6, 6.07) is 9.21. The molecular formula is C21H19Cl2F3N4O2. The minimum absolute atomic E-state index is 0.0376. The van der Waals surface area contributed by atoms with Crippen LogP contribution in [0.1, 0.15) is 16.2 Å². The zero-order chi connectivity index (χ0) is 22.9. The van der Waals surface area contributed by atoms with Crippen molar-refractivity contribution in [1.29, 1.82) is 0 Å². The van der Waals surface area contributed by atoms with Crippen molar-refractivity contribution < 1.29 is 22.7 Å². The summed E-state index contributed by atoms with van der Waals surface area (Å²) in [5.41, 5.74) is 0.488. The molecular weight excluding hydrogens is 468 g/mol. The molecule has 1 N–H and O–H groups in total. The third-order valence-corrected chi connectivity index (χ3v) is 5.84. The van der Waals surface area contributed by atoms with Gasteiger partial charge in [0.25, 0.3) is 5.91 Å². The minimum atomic E-state index is -4.66. The molecule has 0 unspecified atom stereocenters. The van der Waals surface area contributed by atoms with Crippen molar-refractivity contribution in [2.24, 2.45) is 0 Å². The number of nitrogens with one attached hydrogen (secondary N) is 1. The quantitative estimate of drug-likeness (QED) is 0.554. The van der Waals surface area contributed by atoms with E-state index >= 15 is 0 Å². The second-order valence-corrected chi connectivity index (χ2v) is 8.08. The normalized spacial score (nSPS) is 15.3. The summed E-state index contributed by atoms with van der Waals surface area (Å²) in [5, 5.41) is 2.87. The van der Waals surface area contributed by atoms with E-state index in [9.17, 15) is 18.0 Å². The summed E-state index contributed by atoms with van der Waals surface area (Å²) in [6.07, 6.45) is -4.66. The number of anilines is 1.